The van der Waals surface area contributed by atoms with Gasteiger partial charge in [0.05, 0.1) is 0 Å². The highest BCUT2D eigenvalue weighted by atomic mass is 16.5. The lowest BCUT2D eigenvalue weighted by Crippen LogP contribution is -2.17. The molecule has 2 aromatic rings. The third-order valence-electron chi connectivity index (χ3n) is 4.04. The molecule has 0 N–H and O–H groups in total. The summed E-state index contributed by atoms with van der Waals surface area (Å²) in [4.78, 5) is 11.2. The number of carbonyl (C=O) groups excluding carboxylic acids is 1. The van der Waals surface area contributed by atoms with E-state index in [9.17, 15) is 4.79 Å². The van der Waals surface area contributed by atoms with Gasteiger partial charge < -0.3 is 4.74 Å². The van der Waals surface area contributed by atoms with Crippen molar-refractivity contribution < 1.29 is 9.53 Å². The Balaban J connectivity index is 1.94. The van der Waals surface area contributed by atoms with Crippen LogP contribution in [0.4, 0.5) is 0 Å². The standard InChI is InChI=1S/C19H14O2/c1-12(20)21-15-8-5-14-7-9-17-16-4-2-3-13(16)6-10-18(17)19(14)11-15/h2-10H,11H2,1H3. The highest BCUT2D eigenvalue weighted by Gasteiger charge is 2.13. The fourth-order valence-electron chi connectivity index (χ4n) is 3.13. The van der Waals surface area contributed by atoms with Crippen LogP contribution in [0.5, 0.6) is 0 Å². The molecule has 0 atom stereocenters. The van der Waals surface area contributed by atoms with Gasteiger partial charge in [0.1, 0.15) is 5.76 Å². The van der Waals surface area contributed by atoms with E-state index in [4.69, 9.17) is 4.74 Å². The van der Waals surface area contributed by atoms with Crippen LogP contribution < -0.4 is 10.4 Å². The molecule has 0 fully saturated rings. The minimum atomic E-state index is -0.267. The lowest BCUT2D eigenvalue weighted by Gasteiger charge is -2.15. The summed E-state index contributed by atoms with van der Waals surface area (Å²) >= 11 is 0. The van der Waals surface area contributed by atoms with Crippen molar-refractivity contribution in [2.45, 2.75) is 13.3 Å². The maximum Gasteiger partial charge on any atom is 0.307 e. The Labute approximate surface area is 122 Å². The summed E-state index contributed by atoms with van der Waals surface area (Å²) < 4.78 is 5.26. The van der Waals surface area contributed by atoms with Crippen molar-refractivity contribution in [1.82, 2.24) is 0 Å². The first-order chi connectivity index (χ1) is 10.2. The molecule has 21 heavy (non-hydrogen) atoms. The van der Waals surface area contributed by atoms with E-state index in [1.807, 2.05) is 12.2 Å². The SMILES string of the molecule is CC(=O)OC1=CC=c2ccc3c4c(ccc3c2C1)=CC=C4. The third-order valence-corrected chi connectivity index (χ3v) is 4.04. The van der Waals surface area contributed by atoms with Crippen LogP contribution in [0.15, 0.2) is 42.2 Å². The van der Waals surface area contributed by atoms with Gasteiger partial charge in [0, 0.05) is 13.3 Å². The molecule has 0 heterocycles. The van der Waals surface area contributed by atoms with Crippen LogP contribution in [-0.2, 0) is 16.0 Å². The highest BCUT2D eigenvalue weighted by Crippen LogP contribution is 2.24. The van der Waals surface area contributed by atoms with E-state index >= 15 is 0 Å². The molecule has 0 saturated heterocycles. The maximum atomic E-state index is 11.2. The Morgan fingerprint density at radius 2 is 1.81 bits per heavy atom. The zero-order valence-corrected chi connectivity index (χ0v) is 11.7. The Morgan fingerprint density at radius 3 is 2.67 bits per heavy atom. The van der Waals surface area contributed by atoms with Crippen molar-refractivity contribution in [2.24, 2.45) is 0 Å². The van der Waals surface area contributed by atoms with Gasteiger partial charge >= 0.3 is 5.97 Å². The molecule has 0 aliphatic heterocycles. The normalized spacial score (nSPS) is 14.8. The second kappa shape index (κ2) is 4.45. The van der Waals surface area contributed by atoms with Crippen LogP contribution >= 0.6 is 0 Å². The monoisotopic (exact) mass is 274 g/mol. The lowest BCUT2D eigenvalue weighted by molar-refractivity contribution is -0.136. The Kier molecular flexibility index (Phi) is 2.58. The lowest BCUT2D eigenvalue weighted by atomic mass is 9.93. The highest BCUT2D eigenvalue weighted by molar-refractivity contribution is 5.96. The van der Waals surface area contributed by atoms with Crippen LogP contribution in [0, 0.1) is 0 Å². The van der Waals surface area contributed by atoms with E-state index < -0.39 is 0 Å². The molecule has 0 saturated carbocycles. The molecular weight excluding hydrogens is 260 g/mol. The van der Waals surface area contributed by atoms with Gasteiger partial charge in [-0.1, -0.05) is 48.6 Å². The molecule has 102 valence electrons. The molecular formula is C19H14O2. The van der Waals surface area contributed by atoms with E-state index in [0.717, 1.165) is 0 Å². The first kappa shape index (κ1) is 12.2. The second-order valence-corrected chi connectivity index (χ2v) is 5.39. The van der Waals surface area contributed by atoms with E-state index in [0.29, 0.717) is 12.2 Å². The predicted molar refractivity (Wildman–Crippen MR) is 84.7 cm³/mol. The molecule has 0 bridgehead atoms. The molecule has 0 spiro atoms. The van der Waals surface area contributed by atoms with Gasteiger partial charge in [-0.25, -0.2) is 0 Å². The Bertz CT molecular complexity index is 959. The van der Waals surface area contributed by atoms with E-state index in [1.165, 1.54) is 39.3 Å². The van der Waals surface area contributed by atoms with Gasteiger partial charge in [-0.05, 0) is 38.4 Å². The van der Waals surface area contributed by atoms with Crippen molar-refractivity contribution in [3.8, 4) is 0 Å². The van der Waals surface area contributed by atoms with Crippen molar-refractivity contribution in [2.75, 3.05) is 0 Å². The third kappa shape index (κ3) is 1.91. The van der Waals surface area contributed by atoms with Crippen molar-refractivity contribution in [1.29, 1.82) is 0 Å². The fourth-order valence-corrected chi connectivity index (χ4v) is 3.13. The topological polar surface area (TPSA) is 26.3 Å². The average Bonchev–Trinajstić information content (AvgIpc) is 2.94. The zero-order chi connectivity index (χ0) is 14.4. The molecule has 2 aromatic carbocycles. The van der Waals surface area contributed by atoms with Gasteiger partial charge in [0.2, 0.25) is 0 Å². The quantitative estimate of drug-likeness (QED) is 0.747. The number of carbonyl (C=O) groups is 1. The summed E-state index contributed by atoms with van der Waals surface area (Å²) in [5.41, 5.74) is 2.51. The summed E-state index contributed by atoms with van der Waals surface area (Å²) in [5, 5.41) is 4.95. The Morgan fingerprint density at radius 1 is 1.00 bits per heavy atom. The van der Waals surface area contributed by atoms with Gasteiger partial charge in [-0.3, -0.25) is 4.79 Å². The number of fused-ring (bicyclic) bond motifs is 5. The maximum absolute atomic E-state index is 11.2. The van der Waals surface area contributed by atoms with Crippen molar-refractivity contribution in [3.63, 3.8) is 0 Å². The summed E-state index contributed by atoms with van der Waals surface area (Å²) in [6.45, 7) is 1.44. The van der Waals surface area contributed by atoms with Crippen LogP contribution in [0.3, 0.4) is 0 Å². The summed E-state index contributed by atoms with van der Waals surface area (Å²) in [6.07, 6.45) is 10.9. The van der Waals surface area contributed by atoms with Gasteiger partial charge in [-0.2, -0.15) is 0 Å². The van der Waals surface area contributed by atoms with E-state index in [-0.39, 0.29) is 5.97 Å². The van der Waals surface area contributed by atoms with Crippen LogP contribution in [0.25, 0.3) is 29.0 Å². The fraction of sp³-hybridized carbons (Fsp3) is 0.105. The van der Waals surface area contributed by atoms with Gasteiger partial charge in [0.15, 0.2) is 0 Å². The molecule has 0 radical (unpaired) electrons. The van der Waals surface area contributed by atoms with Crippen LogP contribution in [0.2, 0.25) is 0 Å². The zero-order valence-electron chi connectivity index (χ0n) is 11.7. The molecule has 0 amide bonds. The predicted octanol–water partition coefficient (Wildman–Crippen LogP) is 2.43. The average molecular weight is 274 g/mol. The van der Waals surface area contributed by atoms with E-state index in [1.54, 1.807) is 0 Å². The molecule has 0 unspecified atom stereocenters. The number of hydrogen-bond donors (Lipinski definition) is 0. The minimum absolute atomic E-state index is 0.267. The molecule has 2 nitrogen and oxygen atoms in total. The number of rotatable bonds is 1. The molecule has 2 aliphatic carbocycles. The largest absolute Gasteiger partial charge is 0.431 e. The molecule has 4 rings (SSSR count). The van der Waals surface area contributed by atoms with Crippen LogP contribution in [-0.4, -0.2) is 5.97 Å². The Hall–Kier alpha value is -2.61. The molecule has 0 aromatic heterocycles. The summed E-state index contributed by atoms with van der Waals surface area (Å²) in [7, 11) is 0. The van der Waals surface area contributed by atoms with Gasteiger partial charge in [0.25, 0.3) is 0 Å². The summed E-state index contributed by atoms with van der Waals surface area (Å²) in [5.74, 6) is 0.446. The van der Waals surface area contributed by atoms with Crippen LogP contribution in [0.1, 0.15) is 18.1 Å². The number of esters is 1. The molecule has 2 aliphatic rings. The number of hydrogen-bond acceptors (Lipinski definition) is 2. The minimum Gasteiger partial charge on any atom is -0.431 e. The smallest absolute Gasteiger partial charge is 0.307 e. The van der Waals surface area contributed by atoms with E-state index in [2.05, 4.69) is 42.5 Å². The number of ether oxygens (including phenoxy) is 1. The number of benzene rings is 2. The molecule has 2 heteroatoms. The van der Waals surface area contributed by atoms with Crippen molar-refractivity contribution in [3.05, 3.63) is 63.7 Å². The second-order valence-electron chi connectivity index (χ2n) is 5.39. The van der Waals surface area contributed by atoms with Gasteiger partial charge in [-0.15, -0.1) is 0 Å². The summed E-state index contributed by atoms with van der Waals surface area (Å²) in [6, 6.07) is 8.64. The van der Waals surface area contributed by atoms with Crippen molar-refractivity contribution >= 4 is 35.0 Å². The first-order valence-corrected chi connectivity index (χ1v) is 7.05. The first-order valence-electron chi connectivity index (χ1n) is 7.05. The number of allylic oxidation sites excluding steroid dienone is 3.